The van der Waals surface area contributed by atoms with Crippen molar-refractivity contribution in [2.45, 2.75) is 76.3 Å². The van der Waals surface area contributed by atoms with Crippen LogP contribution in [-0.4, -0.2) is 43.7 Å². The number of benzene rings is 2. The smallest absolute Gasteiger partial charge is 0.330 e. The summed E-state index contributed by atoms with van der Waals surface area (Å²) in [6.45, 7) is 0. The zero-order chi connectivity index (χ0) is 37.7. The number of ether oxygens (including phenoxy) is 3. The lowest BCUT2D eigenvalue weighted by molar-refractivity contribution is -0.145. The summed E-state index contributed by atoms with van der Waals surface area (Å²) in [4.78, 5) is 48.8. The number of aliphatic carboxylic acids is 1. The first-order valence-corrected chi connectivity index (χ1v) is 17.5. The highest BCUT2D eigenvalue weighted by atomic mass is 16.5. The second-order valence-electron chi connectivity index (χ2n) is 13.0. The monoisotopic (exact) mass is 720 g/mol. The molecule has 0 bridgehead atoms. The summed E-state index contributed by atoms with van der Waals surface area (Å²) in [6, 6.07) is 18.2. The molecule has 2 unspecified atom stereocenters. The van der Waals surface area contributed by atoms with E-state index < -0.39 is 35.1 Å². The van der Waals surface area contributed by atoms with Gasteiger partial charge in [-0.1, -0.05) is 75.6 Å². The Balaban J connectivity index is 0.000000204. The standard InChI is InChI=1S/C20H21N3O4.C19H19N3O4/c1-26-20(25)17(10-14-6-2-3-7-14)23-19(24)11-16(13-22-23)27-18-9-5-4-8-15(18)12-21;20-11-14-7-3-4-8-17(14)26-15-10-18(23)22(21-12-15)16(19(24)25)9-13-5-1-2-6-13/h4-5,8-9,11,13-14,17H,2-3,6-7,10H2,1H3;3-4,7-8,10,12-13,16H,1-2,5-6,9H2,(H,24,25). The number of hydrogen-bond acceptors (Lipinski definition) is 11. The first-order chi connectivity index (χ1) is 25.7. The zero-order valence-electron chi connectivity index (χ0n) is 29.3. The summed E-state index contributed by atoms with van der Waals surface area (Å²) in [6.07, 6.45) is 12.2. The lowest BCUT2D eigenvalue weighted by Gasteiger charge is -2.19. The van der Waals surface area contributed by atoms with E-state index >= 15 is 0 Å². The molecular formula is C39H40N6O8. The molecule has 2 atom stereocenters. The van der Waals surface area contributed by atoms with Gasteiger partial charge in [-0.05, 0) is 48.9 Å². The molecule has 2 fully saturated rings. The molecule has 2 aliphatic carbocycles. The van der Waals surface area contributed by atoms with Crippen LogP contribution in [-0.2, 0) is 14.3 Å². The Bertz CT molecular complexity index is 2100. The van der Waals surface area contributed by atoms with E-state index in [1.807, 2.05) is 12.1 Å². The van der Waals surface area contributed by atoms with Crippen LogP contribution in [0.25, 0.3) is 0 Å². The van der Waals surface area contributed by atoms with E-state index in [0.29, 0.717) is 47.3 Å². The number of aromatic nitrogens is 4. The molecule has 0 spiro atoms. The molecule has 4 aromatic rings. The van der Waals surface area contributed by atoms with Crippen molar-refractivity contribution in [2.75, 3.05) is 7.11 Å². The minimum Gasteiger partial charge on any atom is -0.480 e. The van der Waals surface area contributed by atoms with Crippen LogP contribution in [0.4, 0.5) is 0 Å². The summed E-state index contributed by atoms with van der Waals surface area (Å²) < 4.78 is 18.2. The van der Waals surface area contributed by atoms with Crippen molar-refractivity contribution in [3.05, 3.63) is 105 Å². The SMILES string of the molecule is COC(=O)C(CC1CCCC1)n1ncc(Oc2ccccc2C#N)cc1=O.N#Cc1ccccc1Oc1cnn(C(CC2CCCC2)C(=O)O)c(=O)c1. The summed E-state index contributed by atoms with van der Waals surface area (Å²) in [5, 5.41) is 35.9. The largest absolute Gasteiger partial charge is 0.480 e. The van der Waals surface area contributed by atoms with E-state index in [2.05, 4.69) is 10.2 Å². The number of rotatable bonds is 12. The van der Waals surface area contributed by atoms with Crippen LogP contribution in [0.3, 0.4) is 0 Å². The van der Waals surface area contributed by atoms with E-state index in [4.69, 9.17) is 24.7 Å². The molecule has 0 amide bonds. The highest BCUT2D eigenvalue weighted by Crippen LogP contribution is 2.33. The third kappa shape index (κ3) is 9.95. The number of nitrogens with zero attached hydrogens (tertiary/aromatic N) is 6. The van der Waals surface area contributed by atoms with Gasteiger partial charge in [-0.2, -0.15) is 20.7 Å². The fourth-order valence-corrected chi connectivity index (χ4v) is 6.79. The number of carboxylic acids is 1. The number of para-hydroxylation sites is 2. The maximum absolute atomic E-state index is 12.6. The van der Waals surface area contributed by atoms with E-state index in [-0.39, 0.29) is 11.5 Å². The van der Waals surface area contributed by atoms with Gasteiger partial charge in [0.2, 0.25) is 0 Å². The molecular weight excluding hydrogens is 680 g/mol. The molecule has 2 aromatic heterocycles. The molecule has 6 rings (SSSR count). The number of carboxylic acid groups (broad SMARTS) is 1. The Morgan fingerprint density at radius 3 is 1.57 bits per heavy atom. The average molecular weight is 721 g/mol. The lowest BCUT2D eigenvalue weighted by Crippen LogP contribution is -2.33. The number of hydrogen-bond donors (Lipinski definition) is 1. The minimum absolute atomic E-state index is 0.166. The topological polar surface area (TPSA) is 199 Å². The van der Waals surface area contributed by atoms with Gasteiger partial charge < -0.3 is 19.3 Å². The molecule has 0 aliphatic heterocycles. The Labute approximate surface area is 305 Å². The second-order valence-corrected chi connectivity index (χ2v) is 13.0. The molecule has 274 valence electrons. The number of carbonyl (C=O) groups excluding carboxylic acids is 1. The molecule has 1 N–H and O–H groups in total. The van der Waals surface area contributed by atoms with Gasteiger partial charge in [-0.15, -0.1) is 0 Å². The lowest BCUT2D eigenvalue weighted by atomic mass is 9.98. The quantitative estimate of drug-likeness (QED) is 0.160. The molecule has 2 saturated carbocycles. The number of esters is 1. The van der Waals surface area contributed by atoms with Gasteiger partial charge in [0.25, 0.3) is 11.1 Å². The fourth-order valence-electron chi connectivity index (χ4n) is 6.79. The van der Waals surface area contributed by atoms with Crippen molar-refractivity contribution in [3.63, 3.8) is 0 Å². The van der Waals surface area contributed by atoms with Gasteiger partial charge in [-0.25, -0.2) is 19.0 Å². The summed E-state index contributed by atoms with van der Waals surface area (Å²) in [5.41, 5.74) is -0.297. The third-order valence-corrected chi connectivity index (χ3v) is 9.48. The van der Waals surface area contributed by atoms with Crippen molar-refractivity contribution >= 4 is 11.9 Å². The first-order valence-electron chi connectivity index (χ1n) is 17.5. The summed E-state index contributed by atoms with van der Waals surface area (Å²) in [7, 11) is 1.31. The van der Waals surface area contributed by atoms with Gasteiger partial charge in [0.15, 0.2) is 23.6 Å². The highest BCUT2D eigenvalue weighted by Gasteiger charge is 2.30. The van der Waals surface area contributed by atoms with Crippen LogP contribution in [0.2, 0.25) is 0 Å². The first kappa shape index (κ1) is 38.0. The maximum atomic E-state index is 12.6. The fraction of sp³-hybridized carbons (Fsp3) is 0.385. The molecule has 14 heteroatoms. The molecule has 0 radical (unpaired) electrons. The van der Waals surface area contributed by atoms with Crippen molar-refractivity contribution in [3.8, 4) is 35.1 Å². The van der Waals surface area contributed by atoms with Gasteiger partial charge in [0.1, 0.15) is 23.6 Å². The average Bonchev–Trinajstić information content (AvgIpc) is 3.89. The normalized spacial score (nSPS) is 15.2. The molecule has 14 nitrogen and oxygen atoms in total. The van der Waals surface area contributed by atoms with Crippen LogP contribution in [0.5, 0.6) is 23.0 Å². The van der Waals surface area contributed by atoms with Crippen molar-refractivity contribution in [2.24, 2.45) is 11.8 Å². The second kappa shape index (κ2) is 18.3. The Hall–Kier alpha value is -6.28. The molecule has 2 aromatic carbocycles. The van der Waals surface area contributed by atoms with E-state index in [1.54, 1.807) is 48.5 Å². The van der Waals surface area contributed by atoms with Crippen molar-refractivity contribution in [1.82, 2.24) is 19.6 Å². The third-order valence-electron chi connectivity index (χ3n) is 9.48. The van der Waals surface area contributed by atoms with Gasteiger partial charge in [0.05, 0.1) is 30.6 Å². The van der Waals surface area contributed by atoms with Crippen molar-refractivity contribution in [1.29, 1.82) is 10.5 Å². The Kier molecular flexibility index (Phi) is 13.1. The Morgan fingerprint density at radius 1 is 0.755 bits per heavy atom. The molecule has 2 aliphatic rings. The zero-order valence-corrected chi connectivity index (χ0v) is 29.3. The van der Waals surface area contributed by atoms with Gasteiger partial charge in [0, 0.05) is 12.1 Å². The molecule has 53 heavy (non-hydrogen) atoms. The van der Waals surface area contributed by atoms with Crippen LogP contribution in [0, 0.1) is 34.5 Å². The minimum atomic E-state index is -1.06. The van der Waals surface area contributed by atoms with Crippen LogP contribution >= 0.6 is 0 Å². The van der Waals surface area contributed by atoms with Crippen LogP contribution < -0.4 is 20.6 Å². The molecule has 0 saturated heterocycles. The van der Waals surface area contributed by atoms with Gasteiger partial charge >= 0.3 is 11.9 Å². The van der Waals surface area contributed by atoms with E-state index in [1.165, 1.54) is 31.6 Å². The summed E-state index contributed by atoms with van der Waals surface area (Å²) in [5.74, 6) is 0.200. The van der Waals surface area contributed by atoms with E-state index in [0.717, 1.165) is 60.7 Å². The highest BCUT2D eigenvalue weighted by molar-refractivity contribution is 5.74. The van der Waals surface area contributed by atoms with Gasteiger partial charge in [-0.3, -0.25) is 9.59 Å². The number of carbonyl (C=O) groups is 2. The Morgan fingerprint density at radius 2 is 1.17 bits per heavy atom. The van der Waals surface area contributed by atoms with Crippen molar-refractivity contribution < 1.29 is 28.9 Å². The van der Waals surface area contributed by atoms with Crippen LogP contribution in [0.15, 0.2) is 82.6 Å². The predicted octanol–water partition coefficient (Wildman–Crippen LogP) is 6.31. The van der Waals surface area contributed by atoms with Crippen LogP contribution in [0.1, 0.15) is 87.4 Å². The maximum Gasteiger partial charge on any atom is 0.330 e. The summed E-state index contributed by atoms with van der Waals surface area (Å²) >= 11 is 0. The number of methoxy groups -OCH3 is 1. The molecule has 2 heterocycles. The predicted molar refractivity (Wildman–Crippen MR) is 190 cm³/mol. The van der Waals surface area contributed by atoms with E-state index in [9.17, 15) is 24.3 Å². The number of nitriles is 2.